The van der Waals surface area contributed by atoms with Crippen molar-refractivity contribution < 1.29 is 4.79 Å². The van der Waals surface area contributed by atoms with Crippen LogP contribution in [0, 0.1) is 17.8 Å². The van der Waals surface area contributed by atoms with E-state index in [9.17, 15) is 4.79 Å². The molecule has 3 atom stereocenters. The van der Waals surface area contributed by atoms with Crippen molar-refractivity contribution in [2.75, 3.05) is 0 Å². The second kappa shape index (κ2) is 4.00. The Kier molecular flexibility index (Phi) is 2.92. The van der Waals surface area contributed by atoms with Gasteiger partial charge in [-0.15, -0.1) is 0 Å². The van der Waals surface area contributed by atoms with Gasteiger partial charge < -0.3 is 0 Å². The highest BCUT2D eigenvalue weighted by Crippen LogP contribution is 2.43. The molecule has 2 aliphatic rings. The van der Waals surface area contributed by atoms with Gasteiger partial charge in [0.2, 0.25) is 5.24 Å². The molecule has 0 aromatic carbocycles. The van der Waals surface area contributed by atoms with Crippen molar-refractivity contribution in [3.05, 3.63) is 0 Å². The molecule has 2 heteroatoms. The molecular weight excluding hydrogens is 184 g/mol. The van der Waals surface area contributed by atoms with Crippen LogP contribution in [0.1, 0.15) is 44.9 Å². The van der Waals surface area contributed by atoms with E-state index in [1.54, 1.807) is 0 Å². The van der Waals surface area contributed by atoms with Crippen LogP contribution in [-0.4, -0.2) is 5.24 Å². The van der Waals surface area contributed by atoms with Gasteiger partial charge in [-0.3, -0.25) is 4.79 Å². The monoisotopic (exact) mass is 200 g/mol. The molecule has 0 saturated heterocycles. The molecule has 13 heavy (non-hydrogen) atoms. The Morgan fingerprint density at radius 1 is 1.00 bits per heavy atom. The smallest absolute Gasteiger partial charge is 0.224 e. The molecule has 2 aliphatic carbocycles. The van der Waals surface area contributed by atoms with Gasteiger partial charge in [-0.25, -0.2) is 0 Å². The maximum absolute atomic E-state index is 11.0. The molecule has 0 heterocycles. The standard InChI is InChI=1S/C11H17ClO/c12-11(13)10-6-5-8-3-1-2-4-9(8)7-10/h8-10H,1-7H2/t8-,9+,10+/m0/s1. The Bertz CT molecular complexity index is 202. The first kappa shape index (κ1) is 9.51. The molecule has 74 valence electrons. The van der Waals surface area contributed by atoms with Gasteiger partial charge in [0.25, 0.3) is 0 Å². The lowest BCUT2D eigenvalue weighted by Crippen LogP contribution is -2.29. The minimum absolute atomic E-state index is 0.0935. The van der Waals surface area contributed by atoms with Gasteiger partial charge in [0, 0.05) is 5.92 Å². The van der Waals surface area contributed by atoms with E-state index < -0.39 is 0 Å². The Balaban J connectivity index is 1.95. The van der Waals surface area contributed by atoms with Crippen molar-refractivity contribution in [2.24, 2.45) is 17.8 Å². The summed E-state index contributed by atoms with van der Waals surface area (Å²) in [4.78, 5) is 11.0. The Hall–Kier alpha value is -0.0400. The summed E-state index contributed by atoms with van der Waals surface area (Å²) >= 11 is 5.55. The first-order valence-electron chi connectivity index (χ1n) is 5.46. The highest BCUT2D eigenvalue weighted by molar-refractivity contribution is 6.63. The first-order valence-corrected chi connectivity index (χ1v) is 5.84. The number of hydrogen-bond acceptors (Lipinski definition) is 1. The zero-order chi connectivity index (χ0) is 9.26. The molecule has 0 radical (unpaired) electrons. The molecule has 1 nitrogen and oxygen atoms in total. The van der Waals surface area contributed by atoms with E-state index in [-0.39, 0.29) is 11.2 Å². The maximum atomic E-state index is 11.0. The largest absolute Gasteiger partial charge is 0.281 e. The Labute approximate surface area is 84.8 Å². The van der Waals surface area contributed by atoms with Crippen LogP contribution < -0.4 is 0 Å². The maximum Gasteiger partial charge on any atom is 0.224 e. The van der Waals surface area contributed by atoms with Crippen LogP contribution in [0.3, 0.4) is 0 Å². The summed E-state index contributed by atoms with van der Waals surface area (Å²) in [6.45, 7) is 0. The number of carbonyl (C=O) groups excluding carboxylic acids is 1. The van der Waals surface area contributed by atoms with Gasteiger partial charge in [-0.2, -0.15) is 0 Å². The molecular formula is C11H17ClO. The van der Waals surface area contributed by atoms with Crippen LogP contribution in [-0.2, 0) is 4.79 Å². The summed E-state index contributed by atoms with van der Waals surface area (Å²) in [5, 5.41) is -0.0935. The first-order chi connectivity index (χ1) is 6.27. The van der Waals surface area contributed by atoms with Crippen molar-refractivity contribution in [2.45, 2.75) is 44.9 Å². The predicted molar refractivity (Wildman–Crippen MR) is 53.6 cm³/mol. The Morgan fingerprint density at radius 2 is 1.69 bits per heavy atom. The average molecular weight is 201 g/mol. The van der Waals surface area contributed by atoms with E-state index in [1.165, 1.54) is 32.1 Å². The Morgan fingerprint density at radius 3 is 2.38 bits per heavy atom. The lowest BCUT2D eigenvalue weighted by molar-refractivity contribution is -0.117. The van der Waals surface area contributed by atoms with Crippen LogP contribution >= 0.6 is 11.6 Å². The molecule has 0 N–H and O–H groups in total. The molecule has 0 aliphatic heterocycles. The highest BCUT2D eigenvalue weighted by Gasteiger charge is 2.34. The fourth-order valence-corrected chi connectivity index (χ4v) is 3.28. The van der Waals surface area contributed by atoms with Crippen LogP contribution in [0.25, 0.3) is 0 Å². The molecule has 2 rings (SSSR count). The highest BCUT2D eigenvalue weighted by atomic mass is 35.5. The van der Waals surface area contributed by atoms with Gasteiger partial charge in [-0.05, 0) is 42.7 Å². The van der Waals surface area contributed by atoms with Crippen molar-refractivity contribution in [1.29, 1.82) is 0 Å². The fourth-order valence-electron chi connectivity index (χ4n) is 3.08. The lowest BCUT2D eigenvalue weighted by atomic mass is 9.68. The van der Waals surface area contributed by atoms with Crippen molar-refractivity contribution in [3.8, 4) is 0 Å². The van der Waals surface area contributed by atoms with Gasteiger partial charge in [0.15, 0.2) is 0 Å². The van der Waals surface area contributed by atoms with Crippen LogP contribution in [0.5, 0.6) is 0 Å². The van der Waals surface area contributed by atoms with Crippen molar-refractivity contribution in [1.82, 2.24) is 0 Å². The number of halogens is 1. The van der Waals surface area contributed by atoms with E-state index in [2.05, 4.69) is 0 Å². The number of hydrogen-bond donors (Lipinski definition) is 0. The van der Waals surface area contributed by atoms with E-state index in [1.807, 2.05) is 0 Å². The summed E-state index contributed by atoms with van der Waals surface area (Å²) < 4.78 is 0. The number of carbonyl (C=O) groups is 1. The predicted octanol–water partition coefficient (Wildman–Crippen LogP) is 3.36. The van der Waals surface area contributed by atoms with Crippen molar-refractivity contribution >= 4 is 16.8 Å². The summed E-state index contributed by atoms with van der Waals surface area (Å²) in [6.07, 6.45) is 8.87. The van der Waals surface area contributed by atoms with Gasteiger partial charge >= 0.3 is 0 Å². The summed E-state index contributed by atoms with van der Waals surface area (Å²) in [5.41, 5.74) is 0. The third-order valence-electron chi connectivity index (χ3n) is 3.86. The van der Waals surface area contributed by atoms with Crippen LogP contribution in [0.4, 0.5) is 0 Å². The van der Waals surface area contributed by atoms with E-state index in [0.717, 1.165) is 24.7 Å². The van der Waals surface area contributed by atoms with Crippen LogP contribution in [0.15, 0.2) is 0 Å². The minimum atomic E-state index is -0.0935. The van der Waals surface area contributed by atoms with Gasteiger partial charge in [0.05, 0.1) is 0 Å². The second-order valence-corrected chi connectivity index (χ2v) is 4.99. The summed E-state index contributed by atoms with van der Waals surface area (Å²) in [6, 6.07) is 0. The number of rotatable bonds is 1. The molecule has 0 unspecified atom stereocenters. The molecule has 0 aromatic heterocycles. The van der Waals surface area contributed by atoms with Crippen LogP contribution in [0.2, 0.25) is 0 Å². The normalized spacial score (nSPS) is 39.6. The summed E-state index contributed by atoms with van der Waals surface area (Å²) in [5.74, 6) is 1.91. The van der Waals surface area contributed by atoms with Gasteiger partial charge in [-0.1, -0.05) is 25.7 Å². The molecule has 2 saturated carbocycles. The zero-order valence-electron chi connectivity index (χ0n) is 7.97. The molecule has 2 fully saturated rings. The topological polar surface area (TPSA) is 17.1 Å². The quantitative estimate of drug-likeness (QED) is 0.594. The summed E-state index contributed by atoms with van der Waals surface area (Å²) in [7, 11) is 0. The molecule has 0 aromatic rings. The minimum Gasteiger partial charge on any atom is -0.281 e. The van der Waals surface area contributed by atoms with E-state index in [4.69, 9.17) is 11.6 Å². The number of fused-ring (bicyclic) bond motifs is 1. The fraction of sp³-hybridized carbons (Fsp3) is 0.909. The van der Waals surface area contributed by atoms with Crippen molar-refractivity contribution in [3.63, 3.8) is 0 Å². The lowest BCUT2D eigenvalue weighted by Gasteiger charge is -2.38. The second-order valence-electron chi connectivity index (χ2n) is 4.62. The molecule has 0 amide bonds. The SMILES string of the molecule is O=C(Cl)[C@@H]1CC[C@@H]2CCCC[C@@H]2C1. The third-order valence-corrected chi connectivity index (χ3v) is 4.17. The molecule has 0 spiro atoms. The zero-order valence-corrected chi connectivity index (χ0v) is 8.72. The average Bonchev–Trinajstić information content (AvgIpc) is 2.17. The molecule has 0 bridgehead atoms. The third kappa shape index (κ3) is 2.07. The van der Waals surface area contributed by atoms with Gasteiger partial charge in [0.1, 0.15) is 0 Å². The van der Waals surface area contributed by atoms with E-state index >= 15 is 0 Å². The van der Waals surface area contributed by atoms with E-state index in [0.29, 0.717) is 0 Å².